The number of aromatic nitrogens is 1. The van der Waals surface area contributed by atoms with Crippen LogP contribution in [0.15, 0.2) is 59.5 Å². The Balaban J connectivity index is 1.47. The molecule has 0 unspecified atom stereocenters. The number of fused-ring (bicyclic) bond motifs is 1. The molecule has 1 aliphatic rings. The summed E-state index contributed by atoms with van der Waals surface area (Å²) in [6.07, 6.45) is 1.79. The molecule has 0 bridgehead atoms. The van der Waals surface area contributed by atoms with Gasteiger partial charge in [-0.15, -0.1) is 0 Å². The largest absolute Gasteiger partial charge is 0.348 e. The molecule has 1 saturated carbocycles. The second kappa shape index (κ2) is 7.33. The van der Waals surface area contributed by atoms with Crippen molar-refractivity contribution in [1.29, 1.82) is 0 Å². The highest BCUT2D eigenvalue weighted by Gasteiger charge is 2.27. The second-order valence-electron chi connectivity index (χ2n) is 7.05. The minimum Gasteiger partial charge on any atom is -0.348 e. The third kappa shape index (κ3) is 4.05. The summed E-state index contributed by atoms with van der Waals surface area (Å²) in [5.41, 5.74) is 2.97. The van der Waals surface area contributed by atoms with Gasteiger partial charge in [0, 0.05) is 23.7 Å². The molecule has 6 nitrogen and oxygen atoms in total. The molecule has 0 saturated heterocycles. The second-order valence-corrected chi connectivity index (χ2v) is 8.76. The lowest BCUT2D eigenvalue weighted by Crippen LogP contribution is -2.26. The van der Waals surface area contributed by atoms with Crippen LogP contribution in [-0.2, 0) is 16.6 Å². The van der Waals surface area contributed by atoms with E-state index in [0.29, 0.717) is 12.1 Å². The topological polar surface area (TPSA) is 88.2 Å². The summed E-state index contributed by atoms with van der Waals surface area (Å²) in [6.45, 7) is 2.17. The highest BCUT2D eigenvalue weighted by molar-refractivity contribution is 7.89. The van der Waals surface area contributed by atoms with Crippen molar-refractivity contribution in [2.45, 2.75) is 37.2 Å². The number of amides is 1. The van der Waals surface area contributed by atoms with Crippen molar-refractivity contribution >= 4 is 26.8 Å². The van der Waals surface area contributed by atoms with Crippen molar-refractivity contribution in [2.24, 2.45) is 0 Å². The lowest BCUT2D eigenvalue weighted by atomic mass is 10.1. The Kier molecular flexibility index (Phi) is 4.87. The van der Waals surface area contributed by atoms with Crippen LogP contribution in [-0.4, -0.2) is 25.4 Å². The number of carbonyl (C=O) groups excluding carboxylic acids is 1. The number of nitrogens with one attached hydrogen (secondary N) is 2. The summed E-state index contributed by atoms with van der Waals surface area (Å²) < 4.78 is 27.1. The molecule has 0 spiro atoms. The summed E-state index contributed by atoms with van der Waals surface area (Å²) >= 11 is 0. The molecular weight excluding hydrogens is 374 g/mol. The molecule has 28 heavy (non-hydrogen) atoms. The monoisotopic (exact) mass is 395 g/mol. The summed E-state index contributed by atoms with van der Waals surface area (Å²) in [5, 5.41) is 3.71. The molecule has 1 heterocycles. The molecule has 0 atom stereocenters. The predicted molar refractivity (Wildman–Crippen MR) is 107 cm³/mol. The molecular formula is C21H21N3O3S. The van der Waals surface area contributed by atoms with E-state index in [9.17, 15) is 13.2 Å². The molecule has 4 rings (SSSR count). The van der Waals surface area contributed by atoms with E-state index in [2.05, 4.69) is 15.0 Å². The molecule has 1 amide bonds. The third-order valence-corrected chi connectivity index (χ3v) is 6.21. The van der Waals surface area contributed by atoms with Crippen molar-refractivity contribution in [2.75, 3.05) is 0 Å². The number of hydrogen-bond acceptors (Lipinski definition) is 4. The first-order valence-electron chi connectivity index (χ1n) is 9.18. The van der Waals surface area contributed by atoms with E-state index in [0.717, 1.165) is 35.0 Å². The van der Waals surface area contributed by atoms with Gasteiger partial charge in [0.05, 0.1) is 16.0 Å². The van der Waals surface area contributed by atoms with Crippen LogP contribution >= 0.6 is 0 Å². The summed E-state index contributed by atoms with van der Waals surface area (Å²) in [7, 11) is -3.46. The standard InChI is InChI=1S/C21H21N3O3S/c1-14-12-19(18-4-2-3-5-20(18)23-14)21(25)22-13-15-6-10-17(11-7-15)28(26,27)24-16-8-9-16/h2-7,10-12,16,24H,8-9,13H2,1H3,(H,22,25). The summed E-state index contributed by atoms with van der Waals surface area (Å²) in [5.74, 6) is -0.186. The molecule has 2 aromatic carbocycles. The van der Waals surface area contributed by atoms with E-state index in [4.69, 9.17) is 0 Å². The Morgan fingerprint density at radius 3 is 2.54 bits per heavy atom. The van der Waals surface area contributed by atoms with Gasteiger partial charge < -0.3 is 5.32 Å². The van der Waals surface area contributed by atoms with Crippen molar-refractivity contribution in [3.63, 3.8) is 0 Å². The number of aryl methyl sites for hydroxylation is 1. The zero-order valence-electron chi connectivity index (χ0n) is 15.5. The van der Waals surface area contributed by atoms with Crippen LogP contribution in [0.25, 0.3) is 10.9 Å². The molecule has 2 N–H and O–H groups in total. The fourth-order valence-electron chi connectivity index (χ4n) is 3.05. The van der Waals surface area contributed by atoms with Gasteiger partial charge >= 0.3 is 0 Å². The van der Waals surface area contributed by atoms with E-state index in [1.807, 2.05) is 31.2 Å². The van der Waals surface area contributed by atoms with Crippen LogP contribution in [0.3, 0.4) is 0 Å². The van der Waals surface area contributed by atoms with Crippen LogP contribution in [0.5, 0.6) is 0 Å². The van der Waals surface area contributed by atoms with Crippen LogP contribution in [0.2, 0.25) is 0 Å². The minimum absolute atomic E-state index is 0.0719. The van der Waals surface area contributed by atoms with Gasteiger partial charge in [0.25, 0.3) is 5.91 Å². The van der Waals surface area contributed by atoms with Crippen molar-refractivity contribution in [1.82, 2.24) is 15.0 Å². The van der Waals surface area contributed by atoms with Crippen molar-refractivity contribution < 1.29 is 13.2 Å². The molecule has 7 heteroatoms. The first-order valence-corrected chi connectivity index (χ1v) is 10.7. The number of nitrogens with zero attached hydrogens (tertiary/aromatic N) is 1. The van der Waals surface area contributed by atoms with Gasteiger partial charge in [-0.05, 0) is 49.6 Å². The molecule has 144 valence electrons. The first kappa shape index (κ1) is 18.6. The SMILES string of the molecule is Cc1cc(C(=O)NCc2ccc(S(=O)(=O)NC3CC3)cc2)c2ccccc2n1. The Bertz CT molecular complexity index is 1140. The fourth-order valence-corrected chi connectivity index (χ4v) is 4.35. The Labute approximate surface area is 164 Å². The molecule has 1 aromatic heterocycles. The Morgan fingerprint density at radius 2 is 1.82 bits per heavy atom. The van der Waals surface area contributed by atoms with Gasteiger partial charge in [0.2, 0.25) is 10.0 Å². The van der Waals surface area contributed by atoms with Crippen LogP contribution in [0.4, 0.5) is 0 Å². The van der Waals surface area contributed by atoms with E-state index in [1.165, 1.54) is 0 Å². The number of para-hydroxylation sites is 1. The summed E-state index contributed by atoms with van der Waals surface area (Å²) in [6, 6.07) is 16.0. The van der Waals surface area contributed by atoms with Gasteiger partial charge in [0.1, 0.15) is 0 Å². The Hall–Kier alpha value is -2.77. The normalized spacial score (nSPS) is 14.2. The zero-order chi connectivity index (χ0) is 19.7. The van der Waals surface area contributed by atoms with E-state index < -0.39 is 10.0 Å². The van der Waals surface area contributed by atoms with Crippen molar-refractivity contribution in [3.8, 4) is 0 Å². The number of pyridine rings is 1. The van der Waals surface area contributed by atoms with Gasteiger partial charge in [-0.3, -0.25) is 9.78 Å². The third-order valence-electron chi connectivity index (χ3n) is 4.67. The average Bonchev–Trinajstić information content (AvgIpc) is 3.49. The molecule has 0 aliphatic heterocycles. The smallest absolute Gasteiger partial charge is 0.252 e. The molecule has 3 aromatic rings. The first-order chi connectivity index (χ1) is 13.4. The lowest BCUT2D eigenvalue weighted by molar-refractivity contribution is 0.0952. The number of sulfonamides is 1. The number of rotatable bonds is 6. The Morgan fingerprint density at radius 1 is 1.11 bits per heavy atom. The quantitative estimate of drug-likeness (QED) is 0.672. The van der Waals surface area contributed by atoms with Crippen LogP contribution in [0.1, 0.15) is 34.5 Å². The van der Waals surface area contributed by atoms with Gasteiger partial charge in [-0.2, -0.15) is 0 Å². The average molecular weight is 395 g/mol. The maximum absolute atomic E-state index is 12.7. The maximum Gasteiger partial charge on any atom is 0.252 e. The number of hydrogen-bond donors (Lipinski definition) is 2. The molecule has 1 fully saturated rings. The highest BCUT2D eigenvalue weighted by Crippen LogP contribution is 2.22. The fraction of sp³-hybridized carbons (Fsp3) is 0.238. The predicted octanol–water partition coefficient (Wildman–Crippen LogP) is 2.91. The van der Waals surface area contributed by atoms with Crippen LogP contribution in [0, 0.1) is 6.92 Å². The number of carbonyl (C=O) groups is 1. The van der Waals surface area contributed by atoms with Gasteiger partial charge in [0.15, 0.2) is 0 Å². The van der Waals surface area contributed by atoms with Gasteiger partial charge in [-0.25, -0.2) is 13.1 Å². The van der Waals surface area contributed by atoms with Crippen molar-refractivity contribution in [3.05, 3.63) is 71.4 Å². The zero-order valence-corrected chi connectivity index (χ0v) is 16.3. The van der Waals surface area contributed by atoms with E-state index in [-0.39, 0.29) is 16.8 Å². The lowest BCUT2D eigenvalue weighted by Gasteiger charge is -2.10. The van der Waals surface area contributed by atoms with Gasteiger partial charge in [-0.1, -0.05) is 30.3 Å². The summed E-state index contributed by atoms with van der Waals surface area (Å²) in [4.78, 5) is 17.4. The molecule has 1 aliphatic carbocycles. The maximum atomic E-state index is 12.7. The van der Waals surface area contributed by atoms with Crippen LogP contribution < -0.4 is 10.0 Å². The minimum atomic E-state index is -3.46. The van der Waals surface area contributed by atoms with E-state index in [1.54, 1.807) is 30.3 Å². The van der Waals surface area contributed by atoms with E-state index >= 15 is 0 Å². The molecule has 0 radical (unpaired) electrons. The highest BCUT2D eigenvalue weighted by atomic mass is 32.2. The number of benzene rings is 2.